The van der Waals surface area contributed by atoms with Gasteiger partial charge in [-0.1, -0.05) is 32.1 Å². The van der Waals surface area contributed by atoms with Crippen LogP contribution >= 0.6 is 0 Å². The van der Waals surface area contributed by atoms with Gasteiger partial charge < -0.3 is 24.5 Å². The molecule has 0 spiro atoms. The molecule has 3 rings (SSSR count). The quantitative estimate of drug-likeness (QED) is 0.507. The Balaban J connectivity index is 1.79. The maximum absolute atomic E-state index is 12.3. The van der Waals surface area contributed by atoms with Crippen LogP contribution in [0.1, 0.15) is 51.0 Å². The highest BCUT2D eigenvalue weighted by atomic mass is 16.6. The molecule has 0 saturated carbocycles. The lowest BCUT2D eigenvalue weighted by molar-refractivity contribution is -0.0547. The summed E-state index contributed by atoms with van der Waals surface area (Å²) < 4.78 is 12.0. The topological polar surface area (TPSA) is 118 Å². The Bertz CT molecular complexity index is 893. The van der Waals surface area contributed by atoms with Gasteiger partial charge in [-0.3, -0.25) is 4.57 Å². The van der Waals surface area contributed by atoms with Crippen LogP contribution in [0.3, 0.4) is 0 Å². The summed E-state index contributed by atoms with van der Waals surface area (Å²) in [5.74, 6) is 6.39. The summed E-state index contributed by atoms with van der Waals surface area (Å²) in [6.07, 6.45) is 2.04. The van der Waals surface area contributed by atoms with E-state index in [1.54, 1.807) is 6.07 Å². The molecule has 0 radical (unpaired) electrons. The number of aromatic nitrogens is 2. The largest absolute Gasteiger partial charge is 0.429 e. The first kappa shape index (κ1) is 19.6. The monoisotopic (exact) mass is 376 g/mol. The van der Waals surface area contributed by atoms with Crippen LogP contribution in [0.15, 0.2) is 21.5 Å². The first-order chi connectivity index (χ1) is 13.0. The van der Waals surface area contributed by atoms with Crippen LogP contribution in [0.5, 0.6) is 0 Å². The molecule has 8 heteroatoms. The van der Waals surface area contributed by atoms with Crippen LogP contribution < -0.4 is 5.69 Å². The summed E-state index contributed by atoms with van der Waals surface area (Å²) in [4.78, 5) is 16.1. The van der Waals surface area contributed by atoms with E-state index in [1.807, 2.05) is 0 Å². The Hall–Kier alpha value is -2.18. The minimum Gasteiger partial charge on any atom is -0.429 e. The molecule has 1 saturated heterocycles. The first-order valence-electron chi connectivity index (χ1n) is 9.19. The Morgan fingerprint density at radius 3 is 2.78 bits per heavy atom. The van der Waals surface area contributed by atoms with E-state index in [9.17, 15) is 20.1 Å². The van der Waals surface area contributed by atoms with Crippen molar-refractivity contribution in [3.05, 3.63) is 28.5 Å². The summed E-state index contributed by atoms with van der Waals surface area (Å²) in [6, 6.07) is 1.67. The fourth-order valence-electron chi connectivity index (χ4n) is 3.07. The van der Waals surface area contributed by atoms with Gasteiger partial charge in [0.2, 0.25) is 5.71 Å². The molecule has 3 heterocycles. The number of hydrogen-bond donors (Lipinski definition) is 3. The highest BCUT2D eigenvalue weighted by Gasteiger charge is 2.43. The standard InChI is InChI=1S/C19H24N2O6/c1-2-3-4-5-6-7-8-13-9-12-10-21(19(25)20-17(12)26-13)18-16(24)15(23)14(11-22)27-18/h9-10,14-16,18,22-24H,2-6,11H2,1H3/t14-,15-,16+,18-/m1/s1. The Morgan fingerprint density at radius 2 is 2.07 bits per heavy atom. The number of fused-ring (bicyclic) bond motifs is 1. The van der Waals surface area contributed by atoms with E-state index >= 15 is 0 Å². The van der Waals surface area contributed by atoms with Crippen molar-refractivity contribution in [3.63, 3.8) is 0 Å². The highest BCUT2D eigenvalue weighted by molar-refractivity contribution is 5.73. The van der Waals surface area contributed by atoms with E-state index in [0.717, 1.165) is 23.8 Å². The van der Waals surface area contributed by atoms with Gasteiger partial charge in [0, 0.05) is 18.7 Å². The second kappa shape index (κ2) is 8.67. The zero-order valence-electron chi connectivity index (χ0n) is 15.2. The summed E-state index contributed by atoms with van der Waals surface area (Å²) in [7, 11) is 0. The van der Waals surface area contributed by atoms with Crippen molar-refractivity contribution < 1.29 is 24.5 Å². The van der Waals surface area contributed by atoms with Crippen molar-refractivity contribution in [1.82, 2.24) is 9.55 Å². The SMILES string of the molecule is CCCCCCC#Cc1cc2cn([C@@H]3O[C@H](CO)[C@@H](O)[C@@H]3O)c(=O)nc2o1. The van der Waals surface area contributed by atoms with E-state index in [-0.39, 0.29) is 5.71 Å². The third-order valence-corrected chi connectivity index (χ3v) is 4.59. The molecule has 2 aromatic heterocycles. The number of aliphatic hydroxyl groups excluding tert-OH is 3. The average Bonchev–Trinajstić information content (AvgIpc) is 3.18. The molecule has 0 aliphatic carbocycles. The van der Waals surface area contributed by atoms with Crippen molar-refractivity contribution >= 4 is 11.1 Å². The lowest BCUT2D eigenvalue weighted by Crippen LogP contribution is -2.35. The minimum absolute atomic E-state index is 0.151. The van der Waals surface area contributed by atoms with Crippen molar-refractivity contribution in [2.24, 2.45) is 0 Å². The molecule has 1 aliphatic rings. The van der Waals surface area contributed by atoms with Crippen LogP contribution in [-0.4, -0.2) is 49.8 Å². The smallest absolute Gasteiger partial charge is 0.353 e. The molecule has 4 atom stereocenters. The Kier molecular flexibility index (Phi) is 6.29. The van der Waals surface area contributed by atoms with E-state index < -0.39 is 36.8 Å². The molecule has 0 amide bonds. The number of rotatable bonds is 6. The van der Waals surface area contributed by atoms with Gasteiger partial charge in [-0.25, -0.2) is 4.79 Å². The highest BCUT2D eigenvalue weighted by Crippen LogP contribution is 2.29. The fourth-order valence-corrected chi connectivity index (χ4v) is 3.07. The van der Waals surface area contributed by atoms with Gasteiger partial charge in [0.1, 0.15) is 18.3 Å². The normalized spacial score (nSPS) is 24.9. The Morgan fingerprint density at radius 1 is 1.26 bits per heavy atom. The van der Waals surface area contributed by atoms with E-state index in [2.05, 4.69) is 23.7 Å². The summed E-state index contributed by atoms with van der Waals surface area (Å²) in [5, 5.41) is 29.7. The molecular weight excluding hydrogens is 352 g/mol. The molecular formula is C19H24N2O6. The number of ether oxygens (including phenoxy) is 1. The molecule has 1 aliphatic heterocycles. The van der Waals surface area contributed by atoms with Gasteiger partial charge in [-0.2, -0.15) is 4.98 Å². The maximum atomic E-state index is 12.3. The van der Waals surface area contributed by atoms with Crippen LogP contribution in [0.25, 0.3) is 11.1 Å². The second-order valence-corrected chi connectivity index (χ2v) is 6.64. The second-order valence-electron chi connectivity index (χ2n) is 6.64. The number of unbranched alkanes of at least 4 members (excludes halogenated alkanes) is 4. The predicted molar refractivity (Wildman–Crippen MR) is 96.9 cm³/mol. The predicted octanol–water partition coefficient (Wildman–Crippen LogP) is 0.923. The van der Waals surface area contributed by atoms with Gasteiger partial charge in [0.15, 0.2) is 12.0 Å². The average molecular weight is 376 g/mol. The zero-order chi connectivity index (χ0) is 19.4. The van der Waals surface area contributed by atoms with Crippen molar-refractivity contribution in [2.45, 2.75) is 63.6 Å². The molecule has 8 nitrogen and oxygen atoms in total. The molecule has 3 N–H and O–H groups in total. The molecule has 2 aromatic rings. The zero-order valence-corrected chi connectivity index (χ0v) is 15.2. The number of nitrogens with zero attached hydrogens (tertiary/aromatic N) is 2. The Labute approximate surface area is 156 Å². The lowest BCUT2D eigenvalue weighted by atomic mass is 10.1. The van der Waals surface area contributed by atoms with E-state index in [4.69, 9.17) is 9.15 Å². The number of aliphatic hydroxyl groups is 3. The summed E-state index contributed by atoms with van der Waals surface area (Å²) in [5.41, 5.74) is -0.538. The number of furan rings is 1. The third-order valence-electron chi connectivity index (χ3n) is 4.59. The van der Waals surface area contributed by atoms with Gasteiger partial charge >= 0.3 is 5.69 Å². The molecule has 0 bridgehead atoms. The third kappa shape index (κ3) is 4.22. The first-order valence-corrected chi connectivity index (χ1v) is 9.19. The van der Waals surface area contributed by atoms with Crippen LogP contribution in [0, 0.1) is 11.8 Å². The van der Waals surface area contributed by atoms with Crippen molar-refractivity contribution in [1.29, 1.82) is 0 Å². The van der Waals surface area contributed by atoms with Gasteiger partial charge in [0.05, 0.1) is 12.0 Å². The number of hydrogen-bond acceptors (Lipinski definition) is 7. The molecule has 27 heavy (non-hydrogen) atoms. The maximum Gasteiger partial charge on any atom is 0.353 e. The van der Waals surface area contributed by atoms with Crippen molar-refractivity contribution in [2.75, 3.05) is 6.61 Å². The van der Waals surface area contributed by atoms with E-state index in [0.29, 0.717) is 11.1 Å². The van der Waals surface area contributed by atoms with Crippen LogP contribution in [-0.2, 0) is 4.74 Å². The van der Waals surface area contributed by atoms with Gasteiger partial charge in [-0.15, -0.1) is 0 Å². The molecule has 0 aromatic carbocycles. The summed E-state index contributed by atoms with van der Waals surface area (Å²) in [6.45, 7) is 1.69. The summed E-state index contributed by atoms with van der Waals surface area (Å²) >= 11 is 0. The van der Waals surface area contributed by atoms with Crippen LogP contribution in [0.4, 0.5) is 0 Å². The minimum atomic E-state index is -1.35. The molecule has 1 fully saturated rings. The fraction of sp³-hybridized carbons (Fsp3) is 0.579. The van der Waals surface area contributed by atoms with Crippen molar-refractivity contribution in [3.8, 4) is 11.8 Å². The van der Waals surface area contributed by atoms with E-state index in [1.165, 1.54) is 19.0 Å². The van der Waals surface area contributed by atoms with Gasteiger partial charge in [0.25, 0.3) is 0 Å². The van der Waals surface area contributed by atoms with Crippen LogP contribution in [0.2, 0.25) is 0 Å². The molecule has 146 valence electrons. The van der Waals surface area contributed by atoms with Gasteiger partial charge in [-0.05, 0) is 12.3 Å². The molecule has 0 unspecified atom stereocenters. The lowest BCUT2D eigenvalue weighted by Gasteiger charge is -2.16.